The zero-order valence-electron chi connectivity index (χ0n) is 8.20. The second-order valence-corrected chi connectivity index (χ2v) is 3.53. The van der Waals surface area contributed by atoms with Gasteiger partial charge >= 0.3 is 0 Å². The molecule has 0 bridgehead atoms. The third-order valence-electron chi connectivity index (χ3n) is 1.88. The standard InChI is InChI=1S/C9H15ClN4/c1-2-3-8(4-11)14-9-12-5-7(10)6-13-9/h5-6,8H,2-4,11H2,1H3,(H,12,13,14). The average Bonchev–Trinajstić information content (AvgIpc) is 2.20. The van der Waals surface area contributed by atoms with Gasteiger partial charge in [-0.05, 0) is 6.42 Å². The second kappa shape index (κ2) is 5.78. The molecule has 0 aliphatic carbocycles. The maximum absolute atomic E-state index is 5.67. The van der Waals surface area contributed by atoms with Crippen molar-refractivity contribution >= 4 is 17.5 Å². The second-order valence-electron chi connectivity index (χ2n) is 3.09. The van der Waals surface area contributed by atoms with Crippen molar-refractivity contribution in [3.63, 3.8) is 0 Å². The summed E-state index contributed by atoms with van der Waals surface area (Å²) < 4.78 is 0. The van der Waals surface area contributed by atoms with Crippen molar-refractivity contribution in [1.29, 1.82) is 0 Å². The van der Waals surface area contributed by atoms with E-state index in [1.807, 2.05) is 0 Å². The van der Waals surface area contributed by atoms with Crippen LogP contribution >= 0.6 is 11.6 Å². The lowest BCUT2D eigenvalue weighted by atomic mass is 10.2. The molecule has 0 fully saturated rings. The van der Waals surface area contributed by atoms with Gasteiger partial charge in [0.25, 0.3) is 0 Å². The highest BCUT2D eigenvalue weighted by atomic mass is 35.5. The van der Waals surface area contributed by atoms with E-state index in [1.165, 1.54) is 0 Å². The molecule has 14 heavy (non-hydrogen) atoms. The van der Waals surface area contributed by atoms with Gasteiger partial charge in [0.05, 0.1) is 17.4 Å². The van der Waals surface area contributed by atoms with Gasteiger partial charge in [-0.3, -0.25) is 0 Å². The molecule has 0 amide bonds. The largest absolute Gasteiger partial charge is 0.350 e. The molecule has 1 heterocycles. The molecule has 0 saturated heterocycles. The Morgan fingerprint density at radius 3 is 2.64 bits per heavy atom. The van der Waals surface area contributed by atoms with Crippen molar-refractivity contribution < 1.29 is 0 Å². The summed E-state index contributed by atoms with van der Waals surface area (Å²) in [5.74, 6) is 0.582. The summed E-state index contributed by atoms with van der Waals surface area (Å²) in [6.45, 7) is 2.70. The summed E-state index contributed by atoms with van der Waals surface area (Å²) in [4.78, 5) is 8.08. The molecular formula is C9H15ClN4. The van der Waals surface area contributed by atoms with Gasteiger partial charge in [0.2, 0.25) is 5.95 Å². The van der Waals surface area contributed by atoms with Gasteiger partial charge in [-0.1, -0.05) is 24.9 Å². The van der Waals surface area contributed by atoms with Crippen molar-refractivity contribution in [2.45, 2.75) is 25.8 Å². The van der Waals surface area contributed by atoms with E-state index < -0.39 is 0 Å². The molecule has 0 aromatic carbocycles. The highest BCUT2D eigenvalue weighted by molar-refractivity contribution is 6.30. The van der Waals surface area contributed by atoms with E-state index in [9.17, 15) is 0 Å². The molecule has 3 N–H and O–H groups in total. The molecule has 0 saturated carbocycles. The summed E-state index contributed by atoms with van der Waals surface area (Å²) in [7, 11) is 0. The van der Waals surface area contributed by atoms with Crippen LogP contribution in [0.25, 0.3) is 0 Å². The van der Waals surface area contributed by atoms with Crippen molar-refractivity contribution in [2.75, 3.05) is 11.9 Å². The molecule has 1 rings (SSSR count). The quantitative estimate of drug-likeness (QED) is 0.783. The molecule has 1 atom stereocenters. The van der Waals surface area contributed by atoms with Crippen LogP contribution < -0.4 is 11.1 Å². The predicted molar refractivity (Wildman–Crippen MR) is 58.4 cm³/mol. The number of hydrogen-bond acceptors (Lipinski definition) is 4. The van der Waals surface area contributed by atoms with Gasteiger partial charge in [0.15, 0.2) is 0 Å². The molecule has 0 spiro atoms. The number of nitrogens with zero attached hydrogens (tertiary/aromatic N) is 2. The highest BCUT2D eigenvalue weighted by Crippen LogP contribution is 2.07. The molecular weight excluding hydrogens is 200 g/mol. The lowest BCUT2D eigenvalue weighted by molar-refractivity contribution is 0.643. The van der Waals surface area contributed by atoms with Gasteiger partial charge in [-0.25, -0.2) is 9.97 Å². The number of anilines is 1. The molecule has 1 aromatic rings. The maximum atomic E-state index is 5.67. The summed E-state index contributed by atoms with van der Waals surface area (Å²) >= 11 is 5.67. The average molecular weight is 215 g/mol. The molecule has 5 heteroatoms. The van der Waals surface area contributed by atoms with Gasteiger partial charge in [0, 0.05) is 12.6 Å². The van der Waals surface area contributed by atoms with Crippen LogP contribution in [0.1, 0.15) is 19.8 Å². The predicted octanol–water partition coefficient (Wildman–Crippen LogP) is 1.67. The van der Waals surface area contributed by atoms with Crippen molar-refractivity contribution in [3.8, 4) is 0 Å². The first-order chi connectivity index (χ1) is 6.76. The fourth-order valence-electron chi connectivity index (χ4n) is 1.17. The van der Waals surface area contributed by atoms with E-state index in [4.69, 9.17) is 17.3 Å². The number of aromatic nitrogens is 2. The number of halogens is 1. The van der Waals surface area contributed by atoms with Gasteiger partial charge in [-0.2, -0.15) is 0 Å². The maximum Gasteiger partial charge on any atom is 0.222 e. The number of nitrogens with two attached hydrogens (primary N) is 1. The van der Waals surface area contributed by atoms with Gasteiger partial charge in [0.1, 0.15) is 0 Å². The summed E-state index contributed by atoms with van der Waals surface area (Å²) in [6, 6.07) is 0.237. The van der Waals surface area contributed by atoms with Crippen LogP contribution in [0.2, 0.25) is 5.02 Å². The SMILES string of the molecule is CCCC(CN)Nc1ncc(Cl)cn1. The van der Waals surface area contributed by atoms with Gasteiger partial charge in [-0.15, -0.1) is 0 Å². The molecule has 4 nitrogen and oxygen atoms in total. The Balaban J connectivity index is 2.53. The Kier molecular flexibility index (Phi) is 4.62. The Morgan fingerprint density at radius 2 is 2.14 bits per heavy atom. The molecule has 1 unspecified atom stereocenters. The highest BCUT2D eigenvalue weighted by Gasteiger charge is 2.05. The minimum Gasteiger partial charge on any atom is -0.350 e. The van der Waals surface area contributed by atoms with Crippen LogP contribution in [-0.2, 0) is 0 Å². The number of hydrogen-bond donors (Lipinski definition) is 2. The molecule has 0 aliphatic heterocycles. The topological polar surface area (TPSA) is 63.8 Å². The first-order valence-corrected chi connectivity index (χ1v) is 5.08. The minimum atomic E-state index is 0.237. The summed E-state index contributed by atoms with van der Waals surface area (Å²) in [5, 5.41) is 3.69. The van der Waals surface area contributed by atoms with Crippen LogP contribution in [0, 0.1) is 0 Å². The summed E-state index contributed by atoms with van der Waals surface area (Å²) in [6.07, 6.45) is 5.23. The number of rotatable bonds is 5. The Bertz CT molecular complexity index is 262. The van der Waals surface area contributed by atoms with Crippen LogP contribution in [0.4, 0.5) is 5.95 Å². The molecule has 0 radical (unpaired) electrons. The third kappa shape index (κ3) is 3.47. The van der Waals surface area contributed by atoms with E-state index in [0.29, 0.717) is 17.5 Å². The fourth-order valence-corrected chi connectivity index (χ4v) is 1.26. The lowest BCUT2D eigenvalue weighted by Crippen LogP contribution is -2.29. The first kappa shape index (κ1) is 11.2. The Hall–Kier alpha value is -0.870. The van der Waals surface area contributed by atoms with Crippen molar-refractivity contribution in [1.82, 2.24) is 9.97 Å². The zero-order chi connectivity index (χ0) is 10.4. The van der Waals surface area contributed by atoms with E-state index in [0.717, 1.165) is 12.8 Å². The minimum absolute atomic E-state index is 0.237. The van der Waals surface area contributed by atoms with Crippen LogP contribution in [0.3, 0.4) is 0 Å². The fraction of sp³-hybridized carbons (Fsp3) is 0.556. The van der Waals surface area contributed by atoms with Crippen LogP contribution in [-0.4, -0.2) is 22.6 Å². The lowest BCUT2D eigenvalue weighted by Gasteiger charge is -2.15. The van der Waals surface area contributed by atoms with Gasteiger partial charge < -0.3 is 11.1 Å². The van der Waals surface area contributed by atoms with Crippen molar-refractivity contribution in [2.24, 2.45) is 5.73 Å². The monoisotopic (exact) mass is 214 g/mol. The molecule has 1 aromatic heterocycles. The normalized spacial score (nSPS) is 12.5. The van der Waals surface area contributed by atoms with E-state index >= 15 is 0 Å². The van der Waals surface area contributed by atoms with Crippen LogP contribution in [0.5, 0.6) is 0 Å². The first-order valence-electron chi connectivity index (χ1n) is 4.70. The Labute approximate surface area is 88.9 Å². The molecule has 0 aliphatic rings. The smallest absolute Gasteiger partial charge is 0.222 e. The third-order valence-corrected chi connectivity index (χ3v) is 2.07. The zero-order valence-corrected chi connectivity index (χ0v) is 8.96. The number of nitrogens with one attached hydrogen (secondary N) is 1. The van der Waals surface area contributed by atoms with E-state index in [-0.39, 0.29) is 6.04 Å². The van der Waals surface area contributed by atoms with E-state index in [2.05, 4.69) is 22.2 Å². The van der Waals surface area contributed by atoms with E-state index in [1.54, 1.807) is 12.4 Å². The van der Waals surface area contributed by atoms with Crippen molar-refractivity contribution in [3.05, 3.63) is 17.4 Å². The van der Waals surface area contributed by atoms with Crippen LogP contribution in [0.15, 0.2) is 12.4 Å². The summed E-state index contributed by atoms with van der Waals surface area (Å²) in [5.41, 5.74) is 5.59. The molecule has 78 valence electrons. The Morgan fingerprint density at radius 1 is 1.50 bits per heavy atom.